The Morgan fingerprint density at radius 1 is 0.905 bits per heavy atom. The van der Waals surface area contributed by atoms with Gasteiger partial charge in [-0.05, 0) is 35.4 Å². The van der Waals surface area contributed by atoms with E-state index in [0.29, 0.717) is 0 Å². The molecule has 1 heterocycles. The highest BCUT2D eigenvalue weighted by Crippen LogP contribution is 2.30. The third-order valence-corrected chi connectivity index (χ3v) is 4.67. The Hall–Kier alpha value is -0.870. The van der Waals surface area contributed by atoms with Crippen molar-refractivity contribution in [3.8, 4) is 0 Å². The summed E-state index contributed by atoms with van der Waals surface area (Å²) < 4.78 is 1.11. The van der Waals surface area contributed by atoms with E-state index in [4.69, 9.17) is 11.6 Å². The fraction of sp³-hybridized carbons (Fsp3) is 0.294. The van der Waals surface area contributed by atoms with Crippen LogP contribution < -0.4 is 5.32 Å². The second-order valence-corrected chi connectivity index (χ2v) is 6.64. The van der Waals surface area contributed by atoms with Gasteiger partial charge in [-0.3, -0.25) is 4.90 Å². The molecule has 1 unspecified atom stereocenters. The van der Waals surface area contributed by atoms with Crippen LogP contribution in [0, 0.1) is 0 Å². The number of hydrogen-bond acceptors (Lipinski definition) is 2. The number of hydrogen-bond donors (Lipinski definition) is 1. The molecule has 3 rings (SSSR count). The molecule has 1 fully saturated rings. The maximum absolute atomic E-state index is 6.04. The minimum absolute atomic E-state index is 0.289. The Labute approximate surface area is 139 Å². The van der Waals surface area contributed by atoms with Crippen LogP contribution in [-0.4, -0.2) is 31.1 Å². The molecule has 0 radical (unpaired) electrons. The fourth-order valence-electron chi connectivity index (χ4n) is 2.84. The summed E-state index contributed by atoms with van der Waals surface area (Å²) in [6.45, 7) is 4.20. The average Bonchev–Trinajstić information content (AvgIpc) is 2.52. The molecule has 4 heteroatoms. The summed E-state index contributed by atoms with van der Waals surface area (Å²) in [5, 5.41) is 4.21. The van der Waals surface area contributed by atoms with Crippen molar-refractivity contribution in [2.45, 2.75) is 6.04 Å². The van der Waals surface area contributed by atoms with Crippen molar-refractivity contribution < 1.29 is 0 Å². The summed E-state index contributed by atoms with van der Waals surface area (Å²) in [4.78, 5) is 2.53. The molecule has 2 aromatic carbocycles. The summed E-state index contributed by atoms with van der Waals surface area (Å²) in [6, 6.07) is 17.1. The van der Waals surface area contributed by atoms with Crippen LogP contribution in [0.25, 0.3) is 0 Å². The van der Waals surface area contributed by atoms with Crippen molar-refractivity contribution in [3.05, 3.63) is 69.2 Å². The van der Waals surface area contributed by atoms with Crippen molar-refractivity contribution >= 4 is 27.5 Å². The third-order valence-electron chi connectivity index (χ3n) is 3.89. The van der Waals surface area contributed by atoms with Gasteiger partial charge in [0.25, 0.3) is 0 Å². The topological polar surface area (TPSA) is 15.3 Å². The lowest BCUT2D eigenvalue weighted by Gasteiger charge is -2.35. The van der Waals surface area contributed by atoms with Crippen molar-refractivity contribution in [2.24, 2.45) is 0 Å². The molecule has 21 heavy (non-hydrogen) atoms. The summed E-state index contributed by atoms with van der Waals surface area (Å²) in [6.07, 6.45) is 0. The van der Waals surface area contributed by atoms with Gasteiger partial charge < -0.3 is 5.32 Å². The fourth-order valence-corrected chi connectivity index (χ4v) is 3.23. The van der Waals surface area contributed by atoms with Gasteiger partial charge in [-0.1, -0.05) is 51.8 Å². The average molecular weight is 366 g/mol. The molecular weight excluding hydrogens is 348 g/mol. The molecule has 2 aromatic rings. The molecule has 1 aliphatic rings. The lowest BCUT2D eigenvalue weighted by Crippen LogP contribution is -2.45. The molecule has 0 saturated carbocycles. The quantitative estimate of drug-likeness (QED) is 0.881. The molecule has 1 aliphatic heterocycles. The minimum atomic E-state index is 0.289. The van der Waals surface area contributed by atoms with Gasteiger partial charge in [-0.15, -0.1) is 0 Å². The van der Waals surface area contributed by atoms with Crippen molar-refractivity contribution in [1.82, 2.24) is 10.2 Å². The van der Waals surface area contributed by atoms with Crippen LogP contribution in [0.1, 0.15) is 17.2 Å². The Bertz CT molecular complexity index is 531. The molecule has 0 aliphatic carbocycles. The predicted octanol–water partition coefficient (Wildman–Crippen LogP) is 4.10. The molecule has 0 spiro atoms. The SMILES string of the molecule is Clc1ccc(C(c2ccc(Br)cc2)N2CCNCC2)cc1. The van der Waals surface area contributed by atoms with Gasteiger partial charge in [0.15, 0.2) is 0 Å². The largest absolute Gasteiger partial charge is 0.314 e. The van der Waals surface area contributed by atoms with Crippen molar-refractivity contribution in [1.29, 1.82) is 0 Å². The third kappa shape index (κ3) is 3.67. The first-order valence-electron chi connectivity index (χ1n) is 7.20. The standard InChI is InChI=1S/C17H18BrClN2/c18-15-5-1-13(2-6-15)17(21-11-9-20-10-12-21)14-3-7-16(19)8-4-14/h1-8,17,20H,9-12H2. The Balaban J connectivity index is 1.97. The van der Waals surface area contributed by atoms with E-state index in [1.807, 2.05) is 12.1 Å². The van der Waals surface area contributed by atoms with E-state index in [0.717, 1.165) is 35.7 Å². The maximum atomic E-state index is 6.04. The maximum Gasteiger partial charge on any atom is 0.0602 e. The smallest absolute Gasteiger partial charge is 0.0602 e. The lowest BCUT2D eigenvalue weighted by molar-refractivity contribution is 0.198. The first-order chi connectivity index (χ1) is 10.2. The number of piperazine rings is 1. The highest BCUT2D eigenvalue weighted by molar-refractivity contribution is 9.10. The zero-order chi connectivity index (χ0) is 14.7. The molecule has 2 nitrogen and oxygen atoms in total. The van der Waals surface area contributed by atoms with Gasteiger partial charge in [0, 0.05) is 35.7 Å². The van der Waals surface area contributed by atoms with Crippen molar-refractivity contribution in [2.75, 3.05) is 26.2 Å². The predicted molar refractivity (Wildman–Crippen MR) is 91.9 cm³/mol. The first-order valence-corrected chi connectivity index (χ1v) is 8.37. The zero-order valence-electron chi connectivity index (χ0n) is 11.7. The van der Waals surface area contributed by atoms with Crippen LogP contribution in [0.4, 0.5) is 0 Å². The normalized spacial score (nSPS) is 17.6. The highest BCUT2D eigenvalue weighted by Gasteiger charge is 2.23. The monoisotopic (exact) mass is 364 g/mol. The van der Waals surface area contributed by atoms with E-state index in [1.54, 1.807) is 0 Å². The number of rotatable bonds is 3. The van der Waals surface area contributed by atoms with E-state index in [1.165, 1.54) is 11.1 Å². The van der Waals surface area contributed by atoms with Gasteiger partial charge in [0.05, 0.1) is 6.04 Å². The second kappa shape index (κ2) is 6.93. The zero-order valence-corrected chi connectivity index (χ0v) is 14.1. The van der Waals surface area contributed by atoms with Crippen LogP contribution in [0.5, 0.6) is 0 Å². The summed E-state index contributed by atoms with van der Waals surface area (Å²) >= 11 is 9.55. The summed E-state index contributed by atoms with van der Waals surface area (Å²) in [5.41, 5.74) is 2.62. The van der Waals surface area contributed by atoms with Gasteiger partial charge in [-0.25, -0.2) is 0 Å². The molecule has 1 N–H and O–H groups in total. The van der Waals surface area contributed by atoms with Crippen LogP contribution in [0.2, 0.25) is 5.02 Å². The van der Waals surface area contributed by atoms with Crippen LogP contribution >= 0.6 is 27.5 Å². The molecule has 0 amide bonds. The molecule has 110 valence electrons. The Kier molecular flexibility index (Phi) is 4.96. The van der Waals surface area contributed by atoms with E-state index < -0.39 is 0 Å². The van der Waals surface area contributed by atoms with Gasteiger partial charge in [0.2, 0.25) is 0 Å². The number of halogens is 2. The van der Waals surface area contributed by atoms with Gasteiger partial charge in [0.1, 0.15) is 0 Å². The molecule has 1 saturated heterocycles. The first kappa shape index (κ1) is 15.0. The summed E-state index contributed by atoms with van der Waals surface area (Å²) in [7, 11) is 0. The minimum Gasteiger partial charge on any atom is -0.314 e. The lowest BCUT2D eigenvalue weighted by atomic mass is 9.96. The van der Waals surface area contributed by atoms with E-state index in [2.05, 4.69) is 62.5 Å². The van der Waals surface area contributed by atoms with E-state index in [9.17, 15) is 0 Å². The second-order valence-electron chi connectivity index (χ2n) is 5.29. The van der Waals surface area contributed by atoms with Crippen LogP contribution in [0.3, 0.4) is 0 Å². The number of nitrogens with one attached hydrogen (secondary N) is 1. The molecule has 1 atom stereocenters. The Morgan fingerprint density at radius 3 is 2.00 bits per heavy atom. The van der Waals surface area contributed by atoms with Gasteiger partial charge in [-0.2, -0.15) is 0 Å². The highest BCUT2D eigenvalue weighted by atomic mass is 79.9. The Morgan fingerprint density at radius 2 is 1.43 bits per heavy atom. The van der Waals surface area contributed by atoms with Crippen LogP contribution in [0.15, 0.2) is 53.0 Å². The molecule has 0 aromatic heterocycles. The number of benzene rings is 2. The van der Waals surface area contributed by atoms with E-state index in [-0.39, 0.29) is 6.04 Å². The molecule has 0 bridgehead atoms. The van der Waals surface area contributed by atoms with E-state index >= 15 is 0 Å². The van der Waals surface area contributed by atoms with Crippen LogP contribution in [-0.2, 0) is 0 Å². The molecular formula is C17H18BrClN2. The number of nitrogens with zero attached hydrogens (tertiary/aromatic N) is 1. The summed E-state index contributed by atoms with van der Waals surface area (Å²) in [5.74, 6) is 0. The van der Waals surface area contributed by atoms with Crippen molar-refractivity contribution in [3.63, 3.8) is 0 Å². The van der Waals surface area contributed by atoms with Gasteiger partial charge >= 0.3 is 0 Å².